The van der Waals surface area contributed by atoms with Crippen molar-refractivity contribution in [3.8, 4) is 0 Å². The highest BCUT2D eigenvalue weighted by Gasteiger charge is 2.47. The fraction of sp³-hybridized carbons (Fsp3) is 0.818. The molecule has 0 bridgehead atoms. The maximum absolute atomic E-state index is 11.9. The molecule has 0 saturated heterocycles. The predicted octanol–water partition coefficient (Wildman–Crippen LogP) is 2.75. The second-order valence-electron chi connectivity index (χ2n) is 3.65. The van der Waals surface area contributed by atoms with Crippen LogP contribution in [0.25, 0.3) is 0 Å². The van der Waals surface area contributed by atoms with E-state index in [0.29, 0.717) is 12.8 Å². The molecule has 0 aliphatic heterocycles. The lowest BCUT2D eigenvalue weighted by molar-refractivity contribution is -0.170. The second-order valence-corrected chi connectivity index (χ2v) is 5.81. The van der Waals surface area contributed by atoms with Crippen LogP contribution in [0.2, 0.25) is 0 Å². The van der Waals surface area contributed by atoms with Gasteiger partial charge in [0, 0.05) is 0 Å². The van der Waals surface area contributed by atoms with Gasteiger partial charge in [-0.3, -0.25) is 9.59 Å². The first-order valence-corrected chi connectivity index (χ1v) is 8.43. The van der Waals surface area contributed by atoms with E-state index in [1.807, 2.05) is 0 Å². The van der Waals surface area contributed by atoms with Crippen molar-refractivity contribution in [1.29, 1.82) is 0 Å². The molecule has 0 saturated carbocycles. The zero-order valence-electron chi connectivity index (χ0n) is 10.1. The first-order valence-electron chi connectivity index (χ1n) is 5.37. The van der Waals surface area contributed by atoms with Crippen molar-refractivity contribution in [3.63, 3.8) is 0 Å². The Kier molecular flexibility index (Phi) is 9.57. The molecule has 0 aliphatic carbocycles. The van der Waals surface area contributed by atoms with Crippen molar-refractivity contribution in [2.75, 3.05) is 23.1 Å². The number of esters is 2. The van der Waals surface area contributed by atoms with Crippen LogP contribution in [0.15, 0.2) is 0 Å². The Labute approximate surface area is 129 Å². The molecule has 0 unspecified atom stereocenters. The van der Waals surface area contributed by atoms with Crippen molar-refractivity contribution in [2.24, 2.45) is 5.41 Å². The van der Waals surface area contributed by atoms with Gasteiger partial charge in [0.05, 0.1) is 14.2 Å². The Morgan fingerprint density at radius 1 is 0.941 bits per heavy atom. The van der Waals surface area contributed by atoms with Gasteiger partial charge in [-0.25, -0.2) is 0 Å². The smallest absolute Gasteiger partial charge is 0.323 e. The lowest BCUT2D eigenvalue weighted by Crippen LogP contribution is -2.41. The molecule has 0 rings (SSSR count). The fourth-order valence-corrected chi connectivity index (χ4v) is 2.51. The minimum Gasteiger partial charge on any atom is -0.468 e. The summed E-state index contributed by atoms with van der Waals surface area (Å²) < 4.78 is 11.4. The van der Waals surface area contributed by atoms with Crippen LogP contribution in [-0.2, 0) is 19.1 Å². The largest absolute Gasteiger partial charge is 0.468 e. The normalized spacial score (nSPS) is 11.1. The van der Waals surface area contributed by atoms with Crippen LogP contribution < -0.4 is 0 Å². The van der Waals surface area contributed by atoms with Crippen LogP contribution in [0.4, 0.5) is 0 Å². The molecule has 4 nitrogen and oxygen atoms in total. The summed E-state index contributed by atoms with van der Waals surface area (Å²) in [6.45, 7) is 0. The molecule has 0 aliphatic rings. The van der Waals surface area contributed by atoms with Gasteiger partial charge in [0.15, 0.2) is 5.41 Å². The summed E-state index contributed by atoms with van der Waals surface area (Å²) in [5.74, 6) is -0.946. The molecule has 0 atom stereocenters. The molecule has 0 aromatic rings. The van der Waals surface area contributed by atoms with Gasteiger partial charge >= 0.3 is 11.9 Å². The number of ether oxygens (including phenoxy) is 2. The van der Waals surface area contributed by atoms with E-state index in [1.54, 1.807) is 0 Å². The van der Waals surface area contributed by atoms with E-state index in [4.69, 9.17) is 9.47 Å². The summed E-state index contributed by atoms with van der Waals surface area (Å²) in [6, 6.07) is 0. The van der Waals surface area contributed by atoms with Gasteiger partial charge in [0.2, 0.25) is 0 Å². The Hall–Kier alpha value is 0.400. The molecule has 0 amide bonds. The summed E-state index contributed by atoms with van der Waals surface area (Å²) in [4.78, 5) is 23.8. The molecule has 0 aromatic carbocycles. The van der Waals surface area contributed by atoms with Gasteiger partial charge in [-0.15, -0.1) is 0 Å². The Morgan fingerprint density at radius 2 is 1.29 bits per heavy atom. The van der Waals surface area contributed by atoms with Crippen molar-refractivity contribution in [1.82, 2.24) is 0 Å². The average molecular weight is 468 g/mol. The molecular formula is C11H18I2O4. The lowest BCUT2D eigenvalue weighted by Gasteiger charge is -2.27. The van der Waals surface area contributed by atoms with Crippen LogP contribution in [0.1, 0.15) is 25.7 Å². The van der Waals surface area contributed by atoms with E-state index in [-0.39, 0.29) is 0 Å². The minimum absolute atomic E-state index is 0.473. The third-order valence-corrected chi connectivity index (χ3v) is 4.15. The Bertz CT molecular complexity index is 230. The summed E-state index contributed by atoms with van der Waals surface area (Å²) in [6.07, 6.45) is 2.58. The summed E-state index contributed by atoms with van der Waals surface area (Å²) in [5.41, 5.74) is -1.11. The maximum atomic E-state index is 11.9. The first kappa shape index (κ1) is 17.4. The zero-order valence-corrected chi connectivity index (χ0v) is 14.4. The van der Waals surface area contributed by atoms with Crippen LogP contribution in [-0.4, -0.2) is 35.0 Å². The van der Waals surface area contributed by atoms with Crippen molar-refractivity contribution in [2.45, 2.75) is 25.7 Å². The van der Waals surface area contributed by atoms with Crippen molar-refractivity contribution in [3.05, 3.63) is 0 Å². The third-order valence-electron chi connectivity index (χ3n) is 2.63. The van der Waals surface area contributed by atoms with Gasteiger partial charge in [-0.2, -0.15) is 0 Å². The number of carbonyl (C=O) groups is 2. The summed E-state index contributed by atoms with van der Waals surface area (Å²) in [7, 11) is 2.63. The number of rotatable bonds is 8. The summed E-state index contributed by atoms with van der Waals surface area (Å²) >= 11 is 4.46. The zero-order chi connectivity index (χ0) is 13.3. The lowest BCUT2D eigenvalue weighted by atomic mass is 9.79. The number of hydrogen-bond donors (Lipinski definition) is 0. The maximum Gasteiger partial charge on any atom is 0.323 e. The van der Waals surface area contributed by atoms with E-state index < -0.39 is 17.4 Å². The molecule has 100 valence electrons. The number of methoxy groups -OCH3 is 2. The number of hydrogen-bond acceptors (Lipinski definition) is 4. The monoisotopic (exact) mass is 468 g/mol. The Morgan fingerprint density at radius 3 is 1.53 bits per heavy atom. The van der Waals surface area contributed by atoms with Crippen molar-refractivity contribution < 1.29 is 19.1 Å². The van der Waals surface area contributed by atoms with Gasteiger partial charge < -0.3 is 9.47 Å². The highest BCUT2D eigenvalue weighted by Crippen LogP contribution is 2.33. The highest BCUT2D eigenvalue weighted by molar-refractivity contribution is 14.1. The highest BCUT2D eigenvalue weighted by atomic mass is 127. The quantitative estimate of drug-likeness (QED) is 0.238. The minimum atomic E-state index is -1.11. The Balaban J connectivity index is 5.04. The van der Waals surface area contributed by atoms with Crippen molar-refractivity contribution >= 4 is 57.1 Å². The van der Waals surface area contributed by atoms with E-state index in [9.17, 15) is 9.59 Å². The molecule has 17 heavy (non-hydrogen) atoms. The molecular weight excluding hydrogens is 450 g/mol. The predicted molar refractivity (Wildman–Crippen MR) is 82.7 cm³/mol. The average Bonchev–Trinajstić information content (AvgIpc) is 2.37. The topological polar surface area (TPSA) is 52.6 Å². The van der Waals surface area contributed by atoms with Gasteiger partial charge in [0.1, 0.15) is 0 Å². The van der Waals surface area contributed by atoms with E-state index in [1.165, 1.54) is 14.2 Å². The number of halogens is 2. The van der Waals surface area contributed by atoms with E-state index in [2.05, 4.69) is 45.2 Å². The SMILES string of the molecule is COC(=O)C(CCCI)(CCCI)C(=O)OC. The molecule has 0 aromatic heterocycles. The standard InChI is InChI=1S/C11H18I2O4/c1-16-9(14)11(5-3-7-12,6-4-8-13)10(15)17-2/h3-8H2,1-2H3. The third kappa shape index (κ3) is 4.88. The van der Waals surface area contributed by atoms with Crippen LogP contribution in [0, 0.1) is 5.41 Å². The number of carbonyl (C=O) groups excluding carboxylic acids is 2. The molecule has 0 fully saturated rings. The van der Waals surface area contributed by atoms with Crippen LogP contribution in [0.5, 0.6) is 0 Å². The van der Waals surface area contributed by atoms with Crippen LogP contribution in [0.3, 0.4) is 0 Å². The summed E-state index contributed by atoms with van der Waals surface area (Å²) in [5, 5.41) is 0. The molecule has 0 radical (unpaired) electrons. The van der Waals surface area contributed by atoms with E-state index >= 15 is 0 Å². The van der Waals surface area contributed by atoms with Gasteiger partial charge in [-0.05, 0) is 34.5 Å². The fourth-order valence-electron chi connectivity index (χ4n) is 1.74. The van der Waals surface area contributed by atoms with Gasteiger partial charge in [0.25, 0.3) is 0 Å². The van der Waals surface area contributed by atoms with Gasteiger partial charge in [-0.1, -0.05) is 45.2 Å². The molecule has 0 heterocycles. The van der Waals surface area contributed by atoms with Crippen LogP contribution >= 0.6 is 45.2 Å². The molecule has 0 N–H and O–H groups in total. The first-order chi connectivity index (χ1) is 8.08. The second kappa shape index (κ2) is 9.35. The number of alkyl halides is 2. The molecule has 6 heteroatoms. The molecule has 0 spiro atoms. The van der Waals surface area contributed by atoms with E-state index in [0.717, 1.165) is 21.7 Å².